The molecular weight excluding hydrogens is 316 g/mol. The molecule has 4 aliphatic carbocycles. The molecule has 0 bridgehead atoms. The second-order valence-corrected chi connectivity index (χ2v) is 9.68. The van der Waals surface area contributed by atoms with E-state index in [-0.39, 0.29) is 34.7 Å². The number of hydrogen-bond acceptors (Lipinski definition) is 4. The van der Waals surface area contributed by atoms with E-state index in [1.54, 1.807) is 6.92 Å². The van der Waals surface area contributed by atoms with Crippen LogP contribution < -0.4 is 0 Å². The molecule has 0 spiro atoms. The summed E-state index contributed by atoms with van der Waals surface area (Å²) in [5, 5.41) is 20.6. The van der Waals surface area contributed by atoms with Crippen molar-refractivity contribution in [2.24, 2.45) is 34.5 Å². The fourth-order valence-corrected chi connectivity index (χ4v) is 7.27. The normalized spacial score (nSPS) is 53.5. The number of carbonyl (C=O) groups is 1. The van der Waals surface area contributed by atoms with Crippen molar-refractivity contribution in [3.8, 4) is 0 Å². The lowest BCUT2D eigenvalue weighted by atomic mass is 9.48. The Bertz CT molecular complexity index is 701. The van der Waals surface area contributed by atoms with Crippen molar-refractivity contribution in [3.63, 3.8) is 0 Å². The summed E-state index contributed by atoms with van der Waals surface area (Å²) in [7, 11) is 0. The van der Waals surface area contributed by atoms with E-state index in [2.05, 4.69) is 26.0 Å². The molecule has 2 saturated carbocycles. The molecule has 0 amide bonds. The molecule has 1 heterocycles. The van der Waals surface area contributed by atoms with Crippen molar-refractivity contribution in [1.29, 1.82) is 0 Å². The van der Waals surface area contributed by atoms with Gasteiger partial charge in [0, 0.05) is 11.3 Å². The Hall–Kier alpha value is -0.970. The van der Waals surface area contributed by atoms with Gasteiger partial charge in [0.05, 0.1) is 0 Å². The molecule has 136 valence electrons. The number of carbonyl (C=O) groups excluding carboxylic acids is 1. The Labute approximate surface area is 148 Å². The van der Waals surface area contributed by atoms with E-state index in [1.807, 2.05) is 6.08 Å². The molecule has 0 aromatic rings. The second-order valence-electron chi connectivity index (χ2n) is 9.68. The van der Waals surface area contributed by atoms with Crippen LogP contribution in [0.15, 0.2) is 23.8 Å². The van der Waals surface area contributed by atoms with E-state index in [0.29, 0.717) is 17.8 Å². The predicted molar refractivity (Wildman–Crippen MR) is 92.4 cm³/mol. The number of ketones is 1. The zero-order chi connectivity index (χ0) is 17.8. The van der Waals surface area contributed by atoms with Gasteiger partial charge in [-0.3, -0.25) is 4.79 Å². The number of epoxide rings is 1. The minimum atomic E-state index is -1.61. The Morgan fingerprint density at radius 1 is 1.20 bits per heavy atom. The lowest BCUT2D eigenvalue weighted by Gasteiger charge is -2.56. The molecule has 4 nitrogen and oxygen atoms in total. The average Bonchev–Trinajstić information content (AvgIpc) is 3.25. The van der Waals surface area contributed by atoms with Crippen LogP contribution in [0.4, 0.5) is 0 Å². The molecule has 8 atom stereocenters. The monoisotopic (exact) mass is 344 g/mol. The Morgan fingerprint density at radius 3 is 2.68 bits per heavy atom. The van der Waals surface area contributed by atoms with Crippen LogP contribution in [-0.2, 0) is 9.53 Å². The van der Waals surface area contributed by atoms with Gasteiger partial charge >= 0.3 is 0 Å². The Morgan fingerprint density at radius 2 is 1.96 bits per heavy atom. The van der Waals surface area contributed by atoms with Crippen LogP contribution in [0.2, 0.25) is 0 Å². The zero-order valence-corrected chi connectivity index (χ0v) is 15.2. The SMILES string of the molecule is CC(O)(O)[C@H]1CC[C@H]2[C@@H]3C=CC4=CC(=O)[C@@H]5O[C@@H]5[C@]4(C)[C@H]3CC[C@]12C. The largest absolute Gasteiger partial charge is 0.366 e. The van der Waals surface area contributed by atoms with Gasteiger partial charge in [-0.25, -0.2) is 0 Å². The number of ether oxygens (including phenoxy) is 1. The van der Waals surface area contributed by atoms with Crippen LogP contribution in [0, 0.1) is 34.5 Å². The number of allylic oxidation sites excluding steroid dienone is 2. The van der Waals surface area contributed by atoms with Crippen LogP contribution >= 0.6 is 0 Å². The van der Waals surface area contributed by atoms with Crippen molar-refractivity contribution in [1.82, 2.24) is 0 Å². The molecule has 25 heavy (non-hydrogen) atoms. The summed E-state index contributed by atoms with van der Waals surface area (Å²) in [5.41, 5.74) is 1.04. The van der Waals surface area contributed by atoms with Gasteiger partial charge in [-0.05, 0) is 67.4 Å². The molecule has 0 aromatic heterocycles. The molecule has 3 fully saturated rings. The van der Waals surface area contributed by atoms with Crippen molar-refractivity contribution in [3.05, 3.63) is 23.8 Å². The molecule has 5 aliphatic rings. The van der Waals surface area contributed by atoms with E-state index < -0.39 is 5.79 Å². The molecular formula is C21H28O4. The van der Waals surface area contributed by atoms with E-state index in [0.717, 1.165) is 31.3 Å². The number of rotatable bonds is 1. The fraction of sp³-hybridized carbons (Fsp3) is 0.762. The molecule has 0 radical (unpaired) electrons. The van der Waals surface area contributed by atoms with Crippen molar-refractivity contribution >= 4 is 5.78 Å². The van der Waals surface area contributed by atoms with Gasteiger partial charge < -0.3 is 14.9 Å². The van der Waals surface area contributed by atoms with Gasteiger partial charge in [0.25, 0.3) is 0 Å². The molecule has 1 aliphatic heterocycles. The summed E-state index contributed by atoms with van der Waals surface area (Å²) in [6, 6.07) is 0. The summed E-state index contributed by atoms with van der Waals surface area (Å²) in [5.74, 6) is -0.163. The van der Waals surface area contributed by atoms with Gasteiger partial charge in [-0.2, -0.15) is 0 Å². The first kappa shape index (κ1) is 16.2. The maximum atomic E-state index is 12.1. The van der Waals surface area contributed by atoms with Crippen LogP contribution in [0.5, 0.6) is 0 Å². The number of fused-ring (bicyclic) bond motifs is 7. The van der Waals surface area contributed by atoms with Gasteiger partial charge in [0.1, 0.15) is 12.2 Å². The highest BCUT2D eigenvalue weighted by Gasteiger charge is 2.67. The quantitative estimate of drug-likeness (QED) is 0.567. The van der Waals surface area contributed by atoms with Gasteiger partial charge in [-0.15, -0.1) is 0 Å². The first-order chi connectivity index (χ1) is 11.7. The second kappa shape index (κ2) is 4.65. The standard InChI is InChI=1S/C21H28O4/c1-19-9-8-14-12(13(19)6-7-16(19)21(3,23)24)5-4-11-10-15(22)17-18(25-17)20(11,14)2/h4-5,10,12-14,16-18,23-24H,6-9H2,1-3H3/t12-,13-,14-,16-,17-,18-,19-,20-/m0/s1. The lowest BCUT2D eigenvalue weighted by Crippen LogP contribution is -2.53. The molecule has 4 heteroatoms. The summed E-state index contributed by atoms with van der Waals surface area (Å²) in [4.78, 5) is 12.1. The van der Waals surface area contributed by atoms with Crippen LogP contribution in [-0.4, -0.2) is 34.0 Å². The molecule has 0 unspecified atom stereocenters. The van der Waals surface area contributed by atoms with Gasteiger partial charge in [0.15, 0.2) is 11.6 Å². The zero-order valence-electron chi connectivity index (χ0n) is 15.2. The van der Waals surface area contributed by atoms with Gasteiger partial charge in [0.2, 0.25) is 0 Å². The smallest absolute Gasteiger partial charge is 0.187 e. The average molecular weight is 344 g/mol. The first-order valence-corrected chi connectivity index (χ1v) is 9.72. The van der Waals surface area contributed by atoms with Crippen molar-refractivity contribution < 1.29 is 19.7 Å². The minimum Gasteiger partial charge on any atom is -0.366 e. The van der Waals surface area contributed by atoms with Crippen LogP contribution in [0.25, 0.3) is 0 Å². The fourth-order valence-electron chi connectivity index (χ4n) is 7.27. The summed E-state index contributed by atoms with van der Waals surface area (Å²) < 4.78 is 5.81. The molecule has 2 N–H and O–H groups in total. The van der Waals surface area contributed by atoms with Gasteiger partial charge in [-0.1, -0.05) is 26.0 Å². The Balaban J connectivity index is 1.54. The van der Waals surface area contributed by atoms with E-state index in [1.165, 1.54) is 0 Å². The maximum Gasteiger partial charge on any atom is 0.187 e. The molecule has 0 aromatic carbocycles. The van der Waals surface area contributed by atoms with Crippen molar-refractivity contribution in [2.45, 2.75) is 64.4 Å². The highest BCUT2D eigenvalue weighted by atomic mass is 16.6. The third kappa shape index (κ3) is 1.91. The summed E-state index contributed by atoms with van der Waals surface area (Å²) in [6.45, 7) is 6.10. The molecule has 5 rings (SSSR count). The van der Waals surface area contributed by atoms with E-state index in [9.17, 15) is 15.0 Å². The third-order valence-corrected chi connectivity index (χ3v) is 8.54. The maximum absolute atomic E-state index is 12.1. The highest BCUT2D eigenvalue weighted by Crippen LogP contribution is 2.67. The molecule has 1 saturated heterocycles. The third-order valence-electron chi connectivity index (χ3n) is 8.54. The number of aliphatic hydroxyl groups is 2. The highest BCUT2D eigenvalue weighted by molar-refractivity contribution is 5.98. The summed E-state index contributed by atoms with van der Waals surface area (Å²) >= 11 is 0. The topological polar surface area (TPSA) is 70.1 Å². The van der Waals surface area contributed by atoms with Crippen LogP contribution in [0.3, 0.4) is 0 Å². The van der Waals surface area contributed by atoms with E-state index >= 15 is 0 Å². The predicted octanol–water partition coefficient (Wildman–Crippen LogP) is 2.60. The Kier molecular flexibility index (Phi) is 3.02. The number of hydrogen-bond donors (Lipinski definition) is 2. The van der Waals surface area contributed by atoms with Crippen molar-refractivity contribution in [2.75, 3.05) is 0 Å². The van der Waals surface area contributed by atoms with E-state index in [4.69, 9.17) is 4.74 Å². The minimum absolute atomic E-state index is 0.0321. The first-order valence-electron chi connectivity index (χ1n) is 9.72. The lowest BCUT2D eigenvalue weighted by molar-refractivity contribution is -0.216. The summed E-state index contributed by atoms with van der Waals surface area (Å²) in [6.07, 6.45) is 10.1. The van der Waals surface area contributed by atoms with Crippen LogP contribution in [0.1, 0.15) is 46.5 Å².